The Morgan fingerprint density at radius 2 is 2.40 bits per heavy atom. The van der Waals surface area contributed by atoms with Crippen molar-refractivity contribution in [1.29, 1.82) is 0 Å². The molecule has 1 atom stereocenters. The Bertz CT molecular complexity index is 151. The molecule has 2 heteroatoms. The molecule has 2 rings (SSSR count). The molecule has 2 aliphatic rings. The van der Waals surface area contributed by atoms with E-state index in [9.17, 15) is 0 Å². The highest BCUT2D eigenvalue weighted by atomic mass is 15.0. The Morgan fingerprint density at radius 3 is 3.30 bits per heavy atom. The van der Waals surface area contributed by atoms with Gasteiger partial charge >= 0.3 is 0 Å². The second-order valence-electron chi connectivity index (χ2n) is 3.20. The van der Waals surface area contributed by atoms with Crippen LogP contribution in [0.4, 0.5) is 0 Å². The molecule has 1 fully saturated rings. The van der Waals surface area contributed by atoms with Crippen LogP contribution in [-0.2, 0) is 0 Å². The first kappa shape index (κ1) is 6.35. The third kappa shape index (κ3) is 1.08. The summed E-state index contributed by atoms with van der Waals surface area (Å²) < 4.78 is 0. The maximum absolute atomic E-state index is 4.46. The largest absolute Gasteiger partial charge is 0.298 e. The van der Waals surface area contributed by atoms with E-state index in [2.05, 4.69) is 10.3 Å². The Labute approximate surface area is 61.7 Å². The zero-order valence-electron chi connectivity index (χ0n) is 6.27. The van der Waals surface area contributed by atoms with E-state index < -0.39 is 0 Å². The van der Waals surface area contributed by atoms with Crippen LogP contribution in [0.25, 0.3) is 0 Å². The predicted octanol–water partition coefficient (Wildman–Crippen LogP) is 1.18. The smallest absolute Gasteiger partial charge is 0.0884 e. The molecule has 0 spiro atoms. The van der Waals surface area contributed by atoms with Crippen molar-refractivity contribution < 1.29 is 0 Å². The number of nitrogens with zero attached hydrogens (tertiary/aromatic N) is 1. The highest BCUT2D eigenvalue weighted by Crippen LogP contribution is 2.22. The molecule has 0 saturated heterocycles. The van der Waals surface area contributed by atoms with Gasteiger partial charge in [-0.25, -0.2) is 0 Å². The molecule has 0 amide bonds. The standard InChI is InChI=1S/C8H14N2/c1-2-4-8-7(3-1)5-9-6-10-8/h7,9H,1-6H2. The van der Waals surface area contributed by atoms with Crippen molar-refractivity contribution >= 4 is 5.71 Å². The predicted molar refractivity (Wildman–Crippen MR) is 42.3 cm³/mol. The van der Waals surface area contributed by atoms with Crippen molar-refractivity contribution in [2.75, 3.05) is 13.2 Å². The third-order valence-electron chi connectivity index (χ3n) is 2.49. The molecule has 1 N–H and O–H groups in total. The van der Waals surface area contributed by atoms with Crippen molar-refractivity contribution in [3.63, 3.8) is 0 Å². The molecule has 1 aliphatic heterocycles. The molecule has 1 aliphatic carbocycles. The minimum atomic E-state index is 0.794. The van der Waals surface area contributed by atoms with Gasteiger partial charge in [-0.2, -0.15) is 0 Å². The van der Waals surface area contributed by atoms with Gasteiger partial charge < -0.3 is 0 Å². The van der Waals surface area contributed by atoms with Gasteiger partial charge in [0.05, 0.1) is 6.67 Å². The molecule has 0 aromatic heterocycles. The number of aliphatic imine (C=N–C) groups is 1. The van der Waals surface area contributed by atoms with Crippen LogP contribution in [-0.4, -0.2) is 18.9 Å². The molecule has 1 saturated carbocycles. The van der Waals surface area contributed by atoms with Gasteiger partial charge in [0.15, 0.2) is 0 Å². The summed E-state index contributed by atoms with van der Waals surface area (Å²) in [4.78, 5) is 4.46. The minimum absolute atomic E-state index is 0.794. The van der Waals surface area contributed by atoms with Gasteiger partial charge in [-0.3, -0.25) is 10.3 Å². The first-order chi connectivity index (χ1) is 4.97. The van der Waals surface area contributed by atoms with Crippen LogP contribution in [0.5, 0.6) is 0 Å². The van der Waals surface area contributed by atoms with Gasteiger partial charge in [0, 0.05) is 18.2 Å². The van der Waals surface area contributed by atoms with Gasteiger partial charge in [-0.15, -0.1) is 0 Å². The summed E-state index contributed by atoms with van der Waals surface area (Å²) in [5.41, 5.74) is 1.49. The van der Waals surface area contributed by atoms with Crippen LogP contribution in [0.2, 0.25) is 0 Å². The lowest BCUT2D eigenvalue weighted by atomic mass is 9.86. The van der Waals surface area contributed by atoms with E-state index in [0.717, 1.165) is 12.6 Å². The van der Waals surface area contributed by atoms with E-state index in [1.54, 1.807) is 0 Å². The fourth-order valence-electron chi connectivity index (χ4n) is 1.89. The van der Waals surface area contributed by atoms with Gasteiger partial charge in [-0.1, -0.05) is 6.42 Å². The lowest BCUT2D eigenvalue weighted by Crippen LogP contribution is -2.36. The Balaban J connectivity index is 2.08. The molecule has 0 radical (unpaired) electrons. The molecular weight excluding hydrogens is 124 g/mol. The Kier molecular flexibility index (Phi) is 1.72. The van der Waals surface area contributed by atoms with Crippen LogP contribution in [0.1, 0.15) is 25.7 Å². The normalized spacial score (nSPS) is 32.8. The van der Waals surface area contributed by atoms with Gasteiger partial charge in [0.1, 0.15) is 0 Å². The fourth-order valence-corrected chi connectivity index (χ4v) is 1.89. The molecule has 1 heterocycles. The van der Waals surface area contributed by atoms with E-state index in [1.165, 1.54) is 37.9 Å². The lowest BCUT2D eigenvalue weighted by Gasteiger charge is -2.27. The summed E-state index contributed by atoms with van der Waals surface area (Å²) in [6.45, 7) is 2.05. The second-order valence-corrected chi connectivity index (χ2v) is 3.20. The van der Waals surface area contributed by atoms with Crippen LogP contribution in [0.3, 0.4) is 0 Å². The third-order valence-corrected chi connectivity index (χ3v) is 2.49. The summed E-state index contributed by atoms with van der Waals surface area (Å²) in [7, 11) is 0. The van der Waals surface area contributed by atoms with Crippen molar-refractivity contribution in [1.82, 2.24) is 5.32 Å². The van der Waals surface area contributed by atoms with E-state index in [-0.39, 0.29) is 0 Å². The number of nitrogens with one attached hydrogen (secondary N) is 1. The van der Waals surface area contributed by atoms with Gasteiger partial charge in [0.2, 0.25) is 0 Å². The van der Waals surface area contributed by atoms with E-state index in [1.807, 2.05) is 0 Å². The zero-order valence-corrected chi connectivity index (χ0v) is 6.27. The SMILES string of the molecule is C1CCC2CNCN=C2C1. The zero-order chi connectivity index (χ0) is 6.81. The molecule has 10 heavy (non-hydrogen) atoms. The van der Waals surface area contributed by atoms with Crippen molar-refractivity contribution in [3.05, 3.63) is 0 Å². The Hall–Kier alpha value is -0.370. The molecule has 0 aromatic carbocycles. The van der Waals surface area contributed by atoms with Crippen molar-refractivity contribution in [2.24, 2.45) is 10.9 Å². The van der Waals surface area contributed by atoms with Crippen LogP contribution >= 0.6 is 0 Å². The second kappa shape index (κ2) is 2.70. The van der Waals surface area contributed by atoms with Gasteiger partial charge in [0.25, 0.3) is 0 Å². The first-order valence-corrected chi connectivity index (χ1v) is 4.21. The lowest BCUT2D eigenvalue weighted by molar-refractivity contribution is 0.468. The van der Waals surface area contributed by atoms with E-state index >= 15 is 0 Å². The molecule has 1 unspecified atom stereocenters. The topological polar surface area (TPSA) is 24.4 Å². The van der Waals surface area contributed by atoms with E-state index in [0.29, 0.717) is 0 Å². The molecule has 56 valence electrons. The average molecular weight is 138 g/mol. The quantitative estimate of drug-likeness (QED) is 0.534. The number of fused-ring (bicyclic) bond motifs is 1. The molecular formula is C8H14N2. The number of hydrogen-bond donors (Lipinski definition) is 1. The minimum Gasteiger partial charge on any atom is -0.298 e. The highest BCUT2D eigenvalue weighted by Gasteiger charge is 2.21. The maximum Gasteiger partial charge on any atom is 0.0884 e. The van der Waals surface area contributed by atoms with Crippen molar-refractivity contribution in [2.45, 2.75) is 25.7 Å². The summed E-state index contributed by atoms with van der Waals surface area (Å²) >= 11 is 0. The summed E-state index contributed by atoms with van der Waals surface area (Å²) in [6.07, 6.45) is 5.42. The first-order valence-electron chi connectivity index (χ1n) is 4.21. The highest BCUT2D eigenvalue weighted by molar-refractivity contribution is 5.88. The number of hydrogen-bond acceptors (Lipinski definition) is 2. The monoisotopic (exact) mass is 138 g/mol. The fraction of sp³-hybridized carbons (Fsp3) is 0.875. The van der Waals surface area contributed by atoms with Crippen LogP contribution in [0.15, 0.2) is 4.99 Å². The molecule has 2 nitrogen and oxygen atoms in total. The maximum atomic E-state index is 4.46. The number of rotatable bonds is 0. The summed E-state index contributed by atoms with van der Waals surface area (Å²) in [6, 6.07) is 0. The Morgan fingerprint density at radius 1 is 1.40 bits per heavy atom. The van der Waals surface area contributed by atoms with Crippen LogP contribution in [0, 0.1) is 5.92 Å². The van der Waals surface area contributed by atoms with Crippen molar-refractivity contribution in [3.8, 4) is 0 Å². The van der Waals surface area contributed by atoms with Gasteiger partial charge in [-0.05, 0) is 19.3 Å². The average Bonchev–Trinajstić information content (AvgIpc) is 2.05. The molecule has 0 aromatic rings. The van der Waals surface area contributed by atoms with E-state index in [4.69, 9.17) is 0 Å². The molecule has 0 bridgehead atoms. The summed E-state index contributed by atoms with van der Waals surface area (Å²) in [5.74, 6) is 0.794. The van der Waals surface area contributed by atoms with Crippen LogP contribution < -0.4 is 5.32 Å². The summed E-state index contributed by atoms with van der Waals surface area (Å²) in [5, 5.41) is 3.30.